The highest BCUT2D eigenvalue weighted by Crippen LogP contribution is 2.25. The summed E-state index contributed by atoms with van der Waals surface area (Å²) in [6.45, 7) is 0. The van der Waals surface area contributed by atoms with Crippen molar-refractivity contribution in [3.05, 3.63) is 65.7 Å². The van der Waals surface area contributed by atoms with E-state index in [1.54, 1.807) is 6.07 Å². The molecule has 3 aromatic carbocycles. The molecule has 1 amide bonds. The maximum atomic E-state index is 12.1. The number of hydrogen-bond acceptors (Lipinski definition) is 5. The minimum absolute atomic E-state index is 0. The first-order chi connectivity index (χ1) is 11.5. The molecule has 0 saturated heterocycles. The normalized spacial score (nSPS) is 10.6. The minimum atomic E-state index is -0.558. The van der Waals surface area contributed by atoms with Gasteiger partial charge in [-0.05, 0) is 46.7 Å². The van der Waals surface area contributed by atoms with Crippen LogP contribution in [0.5, 0.6) is 17.2 Å². The second-order valence-electron chi connectivity index (χ2n) is 5.16. The van der Waals surface area contributed by atoms with Crippen molar-refractivity contribution in [3.63, 3.8) is 0 Å². The standard InChI is InChI=1S/C18H14N2O4.H2O/c21-15-6-5-11(7-17(15)23)10-19-20-18(24)14-8-12-3-1-2-4-13(12)9-16(14)22;/h1-10,21-23H,(H,20,24);1H2/b19-10-;. The number of carbonyl (C=O) groups is 1. The number of nitrogens with zero attached hydrogens (tertiary/aromatic N) is 1. The smallest absolute Gasteiger partial charge is 0.275 e. The Morgan fingerprint density at radius 3 is 2.24 bits per heavy atom. The zero-order chi connectivity index (χ0) is 17.1. The topological polar surface area (TPSA) is 134 Å². The predicted octanol–water partition coefficient (Wildman–Crippen LogP) is 1.90. The third-order valence-corrected chi connectivity index (χ3v) is 3.49. The number of benzene rings is 3. The highest BCUT2D eigenvalue weighted by Gasteiger charge is 2.11. The predicted molar refractivity (Wildman–Crippen MR) is 94.1 cm³/mol. The van der Waals surface area contributed by atoms with E-state index in [0.29, 0.717) is 5.56 Å². The van der Waals surface area contributed by atoms with Crippen LogP contribution in [0.25, 0.3) is 10.8 Å². The van der Waals surface area contributed by atoms with Gasteiger partial charge >= 0.3 is 0 Å². The summed E-state index contributed by atoms with van der Waals surface area (Å²) in [6.07, 6.45) is 1.31. The van der Waals surface area contributed by atoms with Gasteiger partial charge in [0.1, 0.15) is 5.75 Å². The van der Waals surface area contributed by atoms with Crippen molar-refractivity contribution in [3.8, 4) is 17.2 Å². The number of amides is 1. The number of hydrazone groups is 1. The largest absolute Gasteiger partial charge is 0.507 e. The lowest BCUT2D eigenvalue weighted by atomic mass is 10.1. The number of aromatic hydroxyl groups is 3. The van der Waals surface area contributed by atoms with Crippen LogP contribution < -0.4 is 5.43 Å². The van der Waals surface area contributed by atoms with Crippen molar-refractivity contribution < 1.29 is 25.6 Å². The van der Waals surface area contributed by atoms with Crippen LogP contribution in [0, 0.1) is 0 Å². The van der Waals surface area contributed by atoms with Gasteiger partial charge in [-0.15, -0.1) is 0 Å². The van der Waals surface area contributed by atoms with Crippen LogP contribution in [-0.4, -0.2) is 32.9 Å². The first-order valence-corrected chi connectivity index (χ1v) is 7.12. The summed E-state index contributed by atoms with van der Waals surface area (Å²) in [5, 5.41) is 34.0. The fraction of sp³-hybridized carbons (Fsp3) is 0. The van der Waals surface area contributed by atoms with Crippen molar-refractivity contribution in [2.75, 3.05) is 0 Å². The van der Waals surface area contributed by atoms with Crippen LogP contribution in [0.1, 0.15) is 15.9 Å². The molecule has 0 aliphatic rings. The van der Waals surface area contributed by atoms with E-state index in [1.807, 2.05) is 24.3 Å². The molecule has 7 nitrogen and oxygen atoms in total. The minimum Gasteiger partial charge on any atom is -0.507 e. The third-order valence-electron chi connectivity index (χ3n) is 3.49. The van der Waals surface area contributed by atoms with Crippen molar-refractivity contribution >= 4 is 22.9 Å². The Morgan fingerprint density at radius 2 is 1.56 bits per heavy atom. The van der Waals surface area contributed by atoms with E-state index >= 15 is 0 Å². The Morgan fingerprint density at radius 1 is 0.880 bits per heavy atom. The third kappa shape index (κ3) is 3.85. The molecule has 0 atom stereocenters. The first kappa shape index (κ1) is 17.8. The van der Waals surface area contributed by atoms with E-state index in [9.17, 15) is 20.1 Å². The molecule has 0 bridgehead atoms. The Kier molecular flexibility index (Phi) is 5.21. The van der Waals surface area contributed by atoms with Gasteiger partial charge < -0.3 is 20.8 Å². The van der Waals surface area contributed by atoms with Crippen LogP contribution in [-0.2, 0) is 0 Å². The van der Waals surface area contributed by atoms with Gasteiger partial charge in [0.15, 0.2) is 11.5 Å². The first-order valence-electron chi connectivity index (χ1n) is 7.12. The van der Waals surface area contributed by atoms with Crippen molar-refractivity contribution in [1.82, 2.24) is 5.43 Å². The lowest BCUT2D eigenvalue weighted by Crippen LogP contribution is -2.17. The van der Waals surface area contributed by atoms with Gasteiger partial charge in [-0.25, -0.2) is 5.43 Å². The molecule has 3 rings (SSSR count). The maximum absolute atomic E-state index is 12.1. The van der Waals surface area contributed by atoms with Gasteiger partial charge in [-0.3, -0.25) is 4.79 Å². The number of fused-ring (bicyclic) bond motifs is 1. The zero-order valence-electron chi connectivity index (χ0n) is 13.0. The lowest BCUT2D eigenvalue weighted by molar-refractivity contribution is 0.0952. The van der Waals surface area contributed by atoms with Gasteiger partial charge in [0.2, 0.25) is 0 Å². The van der Waals surface area contributed by atoms with E-state index in [2.05, 4.69) is 10.5 Å². The van der Waals surface area contributed by atoms with Crippen LogP contribution in [0.4, 0.5) is 0 Å². The van der Waals surface area contributed by atoms with E-state index in [4.69, 9.17) is 0 Å². The Bertz CT molecular complexity index is 953. The van der Waals surface area contributed by atoms with Crippen LogP contribution in [0.3, 0.4) is 0 Å². The zero-order valence-corrected chi connectivity index (χ0v) is 13.0. The maximum Gasteiger partial charge on any atom is 0.275 e. The van der Waals surface area contributed by atoms with Crippen LogP contribution in [0.2, 0.25) is 0 Å². The summed E-state index contributed by atoms with van der Waals surface area (Å²) in [5.41, 5.74) is 2.92. The van der Waals surface area contributed by atoms with Gasteiger partial charge in [0.05, 0.1) is 11.8 Å². The second-order valence-corrected chi connectivity index (χ2v) is 5.16. The molecule has 0 unspecified atom stereocenters. The van der Waals surface area contributed by atoms with Gasteiger partial charge in [-0.2, -0.15) is 5.10 Å². The number of carbonyl (C=O) groups excluding carboxylic acids is 1. The van der Waals surface area contributed by atoms with Crippen molar-refractivity contribution in [2.45, 2.75) is 0 Å². The second kappa shape index (κ2) is 7.33. The number of rotatable bonds is 3. The summed E-state index contributed by atoms with van der Waals surface area (Å²) < 4.78 is 0. The van der Waals surface area contributed by atoms with Crippen molar-refractivity contribution in [2.24, 2.45) is 5.10 Å². The quantitative estimate of drug-likeness (QED) is 0.329. The molecule has 0 fully saturated rings. The fourth-order valence-corrected chi connectivity index (χ4v) is 2.26. The summed E-state index contributed by atoms with van der Waals surface area (Å²) in [6, 6.07) is 14.6. The van der Waals surface area contributed by atoms with Gasteiger partial charge in [0.25, 0.3) is 5.91 Å². The highest BCUT2D eigenvalue weighted by molar-refractivity contribution is 6.01. The summed E-state index contributed by atoms with van der Waals surface area (Å²) in [7, 11) is 0. The Hall–Kier alpha value is -3.58. The molecule has 0 radical (unpaired) electrons. The van der Waals surface area contributed by atoms with E-state index in [-0.39, 0.29) is 28.3 Å². The molecule has 0 heterocycles. The summed E-state index contributed by atoms with van der Waals surface area (Å²) in [4.78, 5) is 12.1. The SMILES string of the molecule is O.O=C(N/N=C\c1ccc(O)c(O)c1)c1cc2ccccc2cc1O. The van der Waals surface area contributed by atoms with E-state index < -0.39 is 5.91 Å². The van der Waals surface area contributed by atoms with Crippen LogP contribution >= 0.6 is 0 Å². The summed E-state index contributed by atoms with van der Waals surface area (Å²) in [5.74, 6) is -1.21. The molecule has 0 saturated carbocycles. The average Bonchev–Trinajstić information content (AvgIpc) is 2.57. The lowest BCUT2D eigenvalue weighted by Gasteiger charge is -2.05. The van der Waals surface area contributed by atoms with E-state index in [0.717, 1.165) is 10.8 Å². The number of nitrogens with one attached hydrogen (secondary N) is 1. The van der Waals surface area contributed by atoms with Crippen LogP contribution in [0.15, 0.2) is 59.7 Å². The highest BCUT2D eigenvalue weighted by atomic mass is 16.3. The number of hydrogen-bond donors (Lipinski definition) is 4. The van der Waals surface area contributed by atoms with Gasteiger partial charge in [0, 0.05) is 0 Å². The number of phenols is 3. The molecule has 7 heteroatoms. The molecule has 0 aliphatic carbocycles. The number of phenolic OH excluding ortho intramolecular Hbond substituents is 3. The molecule has 0 spiro atoms. The van der Waals surface area contributed by atoms with Crippen molar-refractivity contribution in [1.29, 1.82) is 0 Å². The Labute approximate surface area is 142 Å². The molecule has 128 valence electrons. The molecule has 25 heavy (non-hydrogen) atoms. The Balaban J connectivity index is 0.00000225. The molecular formula is C18H16N2O5. The molecule has 0 aromatic heterocycles. The average molecular weight is 340 g/mol. The monoisotopic (exact) mass is 340 g/mol. The summed E-state index contributed by atoms with van der Waals surface area (Å²) >= 11 is 0. The molecule has 6 N–H and O–H groups in total. The van der Waals surface area contributed by atoms with Gasteiger partial charge in [-0.1, -0.05) is 24.3 Å². The molecule has 0 aliphatic heterocycles. The fourth-order valence-electron chi connectivity index (χ4n) is 2.26. The van der Waals surface area contributed by atoms with E-state index in [1.165, 1.54) is 30.5 Å². The molecular weight excluding hydrogens is 324 g/mol. The molecule has 3 aromatic rings.